The molecule has 0 spiro atoms. The number of hydrogen-bond donors (Lipinski definition) is 2. The van der Waals surface area contributed by atoms with E-state index in [1.807, 2.05) is 6.92 Å². The van der Waals surface area contributed by atoms with Crippen LogP contribution in [0, 0.1) is 6.92 Å². The van der Waals surface area contributed by atoms with Crippen molar-refractivity contribution < 1.29 is 4.79 Å². The lowest BCUT2D eigenvalue weighted by atomic mass is 10.2. The number of carbonyl (C=O) groups excluding carboxylic acids is 1. The van der Waals surface area contributed by atoms with Gasteiger partial charge in [0, 0.05) is 22.8 Å². The van der Waals surface area contributed by atoms with Crippen LogP contribution in [0.15, 0.2) is 35.1 Å². The van der Waals surface area contributed by atoms with Gasteiger partial charge < -0.3 is 5.32 Å². The third-order valence-corrected chi connectivity index (χ3v) is 4.29. The summed E-state index contributed by atoms with van der Waals surface area (Å²) < 4.78 is 1.39. The molecule has 0 aliphatic carbocycles. The van der Waals surface area contributed by atoms with E-state index >= 15 is 0 Å². The first-order valence-corrected chi connectivity index (χ1v) is 9.06. The molecule has 2 aromatic heterocycles. The van der Waals surface area contributed by atoms with Crippen LogP contribution in [-0.2, 0) is 6.42 Å². The molecule has 0 atom stereocenters. The normalized spacial score (nSPS) is 10.8. The second-order valence-corrected chi connectivity index (χ2v) is 6.82. The monoisotopic (exact) mass is 405 g/mol. The zero-order valence-electron chi connectivity index (χ0n) is 14.7. The maximum absolute atomic E-state index is 12.6. The van der Waals surface area contributed by atoms with E-state index in [0.29, 0.717) is 28.6 Å². The number of anilines is 1. The van der Waals surface area contributed by atoms with E-state index in [1.165, 1.54) is 22.9 Å². The fraction of sp³-hybridized carbons (Fsp3) is 0.222. The van der Waals surface area contributed by atoms with Gasteiger partial charge in [-0.2, -0.15) is 9.78 Å². The smallest absolute Gasteiger partial charge is 0.258 e. The van der Waals surface area contributed by atoms with Crippen LogP contribution < -0.4 is 10.9 Å². The molecule has 3 aromatic rings. The molecule has 0 bridgehead atoms. The van der Waals surface area contributed by atoms with Gasteiger partial charge in [-0.25, -0.2) is 4.98 Å². The fourth-order valence-corrected chi connectivity index (χ4v) is 3.08. The van der Waals surface area contributed by atoms with Gasteiger partial charge in [0.25, 0.3) is 11.5 Å². The van der Waals surface area contributed by atoms with Gasteiger partial charge in [-0.1, -0.05) is 36.5 Å². The van der Waals surface area contributed by atoms with E-state index in [4.69, 9.17) is 23.2 Å². The van der Waals surface area contributed by atoms with Crippen molar-refractivity contribution in [2.24, 2.45) is 0 Å². The number of rotatable bonds is 5. The predicted octanol–water partition coefficient (Wildman–Crippen LogP) is 3.78. The average Bonchev–Trinajstić information content (AvgIpc) is 2.95. The minimum Gasteiger partial charge on any atom is -0.306 e. The summed E-state index contributed by atoms with van der Waals surface area (Å²) in [7, 11) is 0. The Hall–Kier alpha value is -2.64. The van der Waals surface area contributed by atoms with Crippen LogP contribution in [0.5, 0.6) is 0 Å². The molecule has 1 amide bonds. The third kappa shape index (κ3) is 4.37. The minimum absolute atomic E-state index is 0.233. The number of hydrogen-bond acceptors (Lipinski definition) is 4. The summed E-state index contributed by atoms with van der Waals surface area (Å²) in [6.07, 6.45) is 1.52. The molecule has 140 valence electrons. The van der Waals surface area contributed by atoms with Crippen molar-refractivity contribution in [1.82, 2.24) is 19.7 Å². The lowest BCUT2D eigenvalue weighted by Gasteiger charge is -2.10. The van der Waals surface area contributed by atoms with Crippen molar-refractivity contribution in [3.05, 3.63) is 67.7 Å². The highest BCUT2D eigenvalue weighted by molar-refractivity contribution is 6.37. The molecule has 0 saturated heterocycles. The van der Waals surface area contributed by atoms with Crippen molar-refractivity contribution in [2.75, 3.05) is 5.32 Å². The van der Waals surface area contributed by atoms with E-state index < -0.39 is 5.91 Å². The molecule has 3 rings (SSSR count). The molecule has 0 saturated carbocycles. The number of carbonyl (C=O) groups is 1. The Balaban J connectivity index is 1.97. The molecule has 27 heavy (non-hydrogen) atoms. The van der Waals surface area contributed by atoms with Crippen LogP contribution in [0.3, 0.4) is 0 Å². The minimum atomic E-state index is -0.426. The highest BCUT2D eigenvalue weighted by Gasteiger charge is 2.16. The first-order valence-electron chi connectivity index (χ1n) is 8.31. The lowest BCUT2D eigenvalue weighted by molar-refractivity contribution is 0.102. The van der Waals surface area contributed by atoms with Crippen molar-refractivity contribution in [2.45, 2.75) is 26.7 Å². The van der Waals surface area contributed by atoms with Crippen LogP contribution in [0.4, 0.5) is 5.82 Å². The van der Waals surface area contributed by atoms with Gasteiger partial charge in [-0.05, 0) is 31.5 Å². The molecule has 0 unspecified atom stereocenters. The van der Waals surface area contributed by atoms with E-state index in [2.05, 4.69) is 20.4 Å². The zero-order chi connectivity index (χ0) is 19.6. The largest absolute Gasteiger partial charge is 0.306 e. The van der Waals surface area contributed by atoms with Gasteiger partial charge >= 0.3 is 0 Å². The quantitative estimate of drug-likeness (QED) is 0.675. The number of aryl methyl sites for hydroxylation is 2. The molecule has 0 fully saturated rings. The Labute approximate surface area is 165 Å². The van der Waals surface area contributed by atoms with Gasteiger partial charge in [-0.3, -0.25) is 14.6 Å². The van der Waals surface area contributed by atoms with E-state index in [9.17, 15) is 9.59 Å². The molecule has 1 aromatic carbocycles. The lowest BCUT2D eigenvalue weighted by Crippen LogP contribution is -2.19. The summed E-state index contributed by atoms with van der Waals surface area (Å²) in [4.78, 5) is 31.6. The Bertz CT molecular complexity index is 1060. The number of amides is 1. The summed E-state index contributed by atoms with van der Waals surface area (Å²) in [6.45, 7) is 3.78. The standard InChI is InChI=1S/C18H17Cl2N5O2/c1-3-4-12-9-16(26)23-18(21-12)25-15(7-10(2)24-25)22-17(27)13-6-5-11(19)8-14(13)20/h5-9H,3-4H2,1-2H3,(H,22,27)(H,21,23,26). The second-order valence-electron chi connectivity index (χ2n) is 5.97. The number of benzene rings is 1. The summed E-state index contributed by atoms with van der Waals surface area (Å²) >= 11 is 12.0. The van der Waals surface area contributed by atoms with Crippen molar-refractivity contribution in [3.63, 3.8) is 0 Å². The second kappa shape index (κ2) is 7.94. The Kier molecular flexibility index (Phi) is 5.62. The molecule has 9 heteroatoms. The fourth-order valence-electron chi connectivity index (χ4n) is 2.59. The van der Waals surface area contributed by atoms with Gasteiger partial charge in [0.2, 0.25) is 5.95 Å². The van der Waals surface area contributed by atoms with E-state index in [1.54, 1.807) is 19.1 Å². The Morgan fingerprint density at radius 2 is 2.04 bits per heavy atom. The molecule has 0 aliphatic heterocycles. The number of aromatic amines is 1. The van der Waals surface area contributed by atoms with Crippen LogP contribution in [0.2, 0.25) is 10.0 Å². The van der Waals surface area contributed by atoms with Crippen LogP contribution in [-0.4, -0.2) is 25.7 Å². The van der Waals surface area contributed by atoms with E-state index in [0.717, 1.165) is 6.42 Å². The highest BCUT2D eigenvalue weighted by atomic mass is 35.5. The van der Waals surface area contributed by atoms with Gasteiger partial charge in [-0.15, -0.1) is 0 Å². The summed E-state index contributed by atoms with van der Waals surface area (Å²) in [5.74, 6) is 0.168. The predicted molar refractivity (Wildman–Crippen MR) is 105 cm³/mol. The van der Waals surface area contributed by atoms with Gasteiger partial charge in [0.15, 0.2) is 0 Å². The summed E-state index contributed by atoms with van der Waals surface area (Å²) in [6, 6.07) is 7.74. The Morgan fingerprint density at radius 3 is 2.74 bits per heavy atom. The maximum Gasteiger partial charge on any atom is 0.258 e. The first kappa shape index (κ1) is 19.1. The SMILES string of the molecule is CCCc1cc(=O)[nH]c(-n2nc(C)cc2NC(=O)c2ccc(Cl)cc2Cl)n1. The summed E-state index contributed by atoms with van der Waals surface area (Å²) in [5.41, 5.74) is 1.29. The van der Waals surface area contributed by atoms with Crippen LogP contribution in [0.1, 0.15) is 35.1 Å². The number of nitrogens with zero attached hydrogens (tertiary/aromatic N) is 3. The maximum atomic E-state index is 12.6. The van der Waals surface area contributed by atoms with Crippen LogP contribution in [0.25, 0.3) is 5.95 Å². The molecular weight excluding hydrogens is 389 g/mol. The molecule has 2 heterocycles. The molecular formula is C18H17Cl2N5O2. The average molecular weight is 406 g/mol. The Morgan fingerprint density at radius 1 is 1.26 bits per heavy atom. The topological polar surface area (TPSA) is 92.7 Å². The molecule has 2 N–H and O–H groups in total. The number of nitrogens with one attached hydrogen (secondary N) is 2. The number of halogens is 2. The molecule has 7 nitrogen and oxygen atoms in total. The van der Waals surface area contributed by atoms with Gasteiger partial charge in [0.1, 0.15) is 5.82 Å². The van der Waals surface area contributed by atoms with Crippen molar-refractivity contribution >= 4 is 34.9 Å². The summed E-state index contributed by atoms with van der Waals surface area (Å²) in [5, 5.41) is 7.74. The number of aromatic nitrogens is 4. The zero-order valence-corrected chi connectivity index (χ0v) is 16.2. The van der Waals surface area contributed by atoms with E-state index in [-0.39, 0.29) is 22.1 Å². The number of H-pyrrole nitrogens is 1. The molecule has 0 radical (unpaired) electrons. The van der Waals surface area contributed by atoms with Gasteiger partial charge in [0.05, 0.1) is 16.3 Å². The van der Waals surface area contributed by atoms with Crippen molar-refractivity contribution in [1.29, 1.82) is 0 Å². The highest BCUT2D eigenvalue weighted by Crippen LogP contribution is 2.23. The third-order valence-electron chi connectivity index (χ3n) is 3.74. The van der Waals surface area contributed by atoms with Crippen molar-refractivity contribution in [3.8, 4) is 5.95 Å². The molecule has 0 aliphatic rings. The first-order chi connectivity index (χ1) is 12.9. The van der Waals surface area contributed by atoms with Crippen LogP contribution >= 0.6 is 23.2 Å².